The summed E-state index contributed by atoms with van der Waals surface area (Å²) in [7, 11) is 0. The minimum atomic E-state index is -0.899. The van der Waals surface area contributed by atoms with Crippen LogP contribution >= 0.6 is 0 Å². The summed E-state index contributed by atoms with van der Waals surface area (Å²) in [6.45, 7) is 9.29. The van der Waals surface area contributed by atoms with Crippen LogP contribution in [0.5, 0.6) is 0 Å². The predicted molar refractivity (Wildman–Crippen MR) is 48.7 cm³/mol. The molecule has 3 heteroatoms. The van der Waals surface area contributed by atoms with Crippen LogP contribution in [-0.2, 0) is 4.79 Å². The monoisotopic (exact) mass is 173 g/mol. The first-order valence-corrected chi connectivity index (χ1v) is 4.24. The molecule has 0 unspecified atom stereocenters. The van der Waals surface area contributed by atoms with Gasteiger partial charge in [0.05, 0.1) is 0 Å². The van der Waals surface area contributed by atoms with Gasteiger partial charge in [0, 0.05) is 5.54 Å². The van der Waals surface area contributed by atoms with Crippen LogP contribution in [0.2, 0.25) is 0 Å². The third-order valence-corrected chi connectivity index (χ3v) is 1.40. The number of aliphatic hydroxyl groups excluding tert-OH is 1. The lowest BCUT2D eigenvalue weighted by Crippen LogP contribution is -2.47. The molecule has 0 saturated carbocycles. The van der Waals surface area contributed by atoms with E-state index in [2.05, 4.69) is 5.32 Å². The molecule has 0 aliphatic rings. The van der Waals surface area contributed by atoms with Crippen LogP contribution in [0, 0.1) is 5.92 Å². The Kier molecular flexibility index (Phi) is 3.71. The number of carbonyl (C=O) groups is 1. The SMILES string of the molecule is CC(C)[C@H](O)C(=O)NC(C)(C)C. The fourth-order valence-electron chi connectivity index (χ4n) is 0.746. The number of nitrogens with one attached hydrogen (secondary N) is 1. The fourth-order valence-corrected chi connectivity index (χ4v) is 0.746. The Bertz CT molecular complexity index is 158. The zero-order chi connectivity index (χ0) is 9.94. The normalized spacial score (nSPS) is 14.6. The van der Waals surface area contributed by atoms with Gasteiger partial charge in [0.25, 0.3) is 0 Å². The molecule has 0 heterocycles. The maximum Gasteiger partial charge on any atom is 0.249 e. The Hall–Kier alpha value is -0.570. The molecule has 3 nitrogen and oxygen atoms in total. The summed E-state index contributed by atoms with van der Waals surface area (Å²) in [5.41, 5.74) is -0.271. The summed E-state index contributed by atoms with van der Waals surface area (Å²) >= 11 is 0. The second-order valence-corrected chi connectivity index (χ2v) is 4.43. The summed E-state index contributed by atoms with van der Waals surface area (Å²) in [4.78, 5) is 11.2. The maximum absolute atomic E-state index is 11.2. The van der Waals surface area contributed by atoms with Gasteiger partial charge in [0.1, 0.15) is 6.10 Å². The molecule has 0 bridgehead atoms. The van der Waals surface area contributed by atoms with Crippen LogP contribution in [0.15, 0.2) is 0 Å². The topological polar surface area (TPSA) is 49.3 Å². The van der Waals surface area contributed by atoms with Crippen molar-refractivity contribution in [1.29, 1.82) is 0 Å². The quantitative estimate of drug-likeness (QED) is 0.652. The molecule has 0 aliphatic heterocycles. The van der Waals surface area contributed by atoms with Gasteiger partial charge in [-0.15, -0.1) is 0 Å². The lowest BCUT2D eigenvalue weighted by Gasteiger charge is -2.23. The molecule has 0 aromatic carbocycles. The predicted octanol–water partition coefficient (Wildman–Crippen LogP) is 0.918. The van der Waals surface area contributed by atoms with Gasteiger partial charge >= 0.3 is 0 Å². The van der Waals surface area contributed by atoms with Gasteiger partial charge in [-0.2, -0.15) is 0 Å². The van der Waals surface area contributed by atoms with E-state index in [1.54, 1.807) is 0 Å². The molecule has 72 valence electrons. The smallest absolute Gasteiger partial charge is 0.249 e. The molecule has 0 spiro atoms. The third kappa shape index (κ3) is 4.34. The minimum Gasteiger partial charge on any atom is -0.383 e. The van der Waals surface area contributed by atoms with Crippen LogP contribution < -0.4 is 5.32 Å². The van der Waals surface area contributed by atoms with Gasteiger partial charge < -0.3 is 10.4 Å². The number of hydrogen-bond donors (Lipinski definition) is 2. The molecule has 0 fully saturated rings. The van der Waals surface area contributed by atoms with Crippen LogP contribution in [-0.4, -0.2) is 22.7 Å². The minimum absolute atomic E-state index is 0.0349. The number of carbonyl (C=O) groups excluding carboxylic acids is 1. The molecule has 0 rings (SSSR count). The van der Waals surface area contributed by atoms with Crippen molar-refractivity contribution in [3.8, 4) is 0 Å². The Morgan fingerprint density at radius 3 is 2.00 bits per heavy atom. The summed E-state index contributed by atoms with van der Waals surface area (Å²) in [6, 6.07) is 0. The molecule has 0 aromatic heterocycles. The first-order valence-electron chi connectivity index (χ1n) is 4.24. The lowest BCUT2D eigenvalue weighted by molar-refractivity contribution is -0.132. The highest BCUT2D eigenvalue weighted by Crippen LogP contribution is 2.04. The van der Waals surface area contributed by atoms with E-state index in [4.69, 9.17) is 0 Å². The van der Waals surface area contributed by atoms with Crippen LogP contribution in [0.3, 0.4) is 0 Å². The number of amides is 1. The zero-order valence-corrected chi connectivity index (χ0v) is 8.51. The van der Waals surface area contributed by atoms with Gasteiger partial charge in [-0.25, -0.2) is 0 Å². The average Bonchev–Trinajstić information content (AvgIpc) is 1.82. The van der Waals surface area contributed by atoms with E-state index in [1.165, 1.54) is 0 Å². The molecule has 0 saturated heterocycles. The van der Waals surface area contributed by atoms with Crippen molar-refractivity contribution in [2.45, 2.75) is 46.3 Å². The second-order valence-electron chi connectivity index (χ2n) is 4.43. The van der Waals surface area contributed by atoms with Crippen LogP contribution in [0.25, 0.3) is 0 Å². The summed E-state index contributed by atoms with van der Waals surface area (Å²) < 4.78 is 0. The van der Waals surface area contributed by atoms with Gasteiger partial charge in [0.2, 0.25) is 5.91 Å². The first-order chi connectivity index (χ1) is 5.24. The number of rotatable bonds is 2. The Morgan fingerprint density at radius 1 is 1.33 bits per heavy atom. The van der Waals surface area contributed by atoms with Crippen molar-refractivity contribution in [3.05, 3.63) is 0 Å². The Morgan fingerprint density at radius 2 is 1.75 bits per heavy atom. The highest BCUT2D eigenvalue weighted by atomic mass is 16.3. The molecule has 1 atom stereocenters. The van der Waals surface area contributed by atoms with Crippen molar-refractivity contribution in [2.24, 2.45) is 5.92 Å². The molecular formula is C9H19NO2. The van der Waals surface area contributed by atoms with Crippen molar-refractivity contribution < 1.29 is 9.90 Å². The van der Waals surface area contributed by atoms with E-state index in [0.29, 0.717) is 0 Å². The summed E-state index contributed by atoms with van der Waals surface area (Å²) in [6.07, 6.45) is -0.899. The molecule has 2 N–H and O–H groups in total. The fraction of sp³-hybridized carbons (Fsp3) is 0.889. The van der Waals surface area contributed by atoms with Crippen molar-refractivity contribution in [3.63, 3.8) is 0 Å². The molecule has 0 aromatic rings. The van der Waals surface area contributed by atoms with Gasteiger partial charge in [-0.05, 0) is 26.7 Å². The molecule has 0 aliphatic carbocycles. The maximum atomic E-state index is 11.2. The molecular weight excluding hydrogens is 154 g/mol. The highest BCUT2D eigenvalue weighted by Gasteiger charge is 2.22. The number of aliphatic hydroxyl groups is 1. The second kappa shape index (κ2) is 3.90. The Balaban J connectivity index is 4.05. The van der Waals surface area contributed by atoms with E-state index >= 15 is 0 Å². The zero-order valence-electron chi connectivity index (χ0n) is 8.51. The van der Waals surface area contributed by atoms with E-state index in [-0.39, 0.29) is 17.4 Å². The summed E-state index contributed by atoms with van der Waals surface area (Å²) in [5.74, 6) is -0.329. The Labute approximate surface area is 74.2 Å². The number of hydrogen-bond acceptors (Lipinski definition) is 2. The molecule has 0 radical (unpaired) electrons. The molecule has 12 heavy (non-hydrogen) atoms. The third-order valence-electron chi connectivity index (χ3n) is 1.40. The average molecular weight is 173 g/mol. The van der Waals surface area contributed by atoms with Crippen molar-refractivity contribution >= 4 is 5.91 Å². The molecule has 1 amide bonds. The largest absolute Gasteiger partial charge is 0.383 e. The van der Waals surface area contributed by atoms with E-state index in [0.717, 1.165) is 0 Å². The van der Waals surface area contributed by atoms with E-state index in [9.17, 15) is 9.90 Å². The lowest BCUT2D eigenvalue weighted by atomic mass is 10.0. The van der Waals surface area contributed by atoms with Crippen LogP contribution in [0.4, 0.5) is 0 Å². The van der Waals surface area contributed by atoms with Gasteiger partial charge in [-0.3, -0.25) is 4.79 Å². The highest BCUT2D eigenvalue weighted by molar-refractivity contribution is 5.81. The van der Waals surface area contributed by atoms with Gasteiger partial charge in [-0.1, -0.05) is 13.8 Å². The van der Waals surface area contributed by atoms with Crippen LogP contribution in [0.1, 0.15) is 34.6 Å². The van der Waals surface area contributed by atoms with E-state index in [1.807, 2.05) is 34.6 Å². The first kappa shape index (κ1) is 11.4. The van der Waals surface area contributed by atoms with E-state index < -0.39 is 6.10 Å². The standard InChI is InChI=1S/C9H19NO2/c1-6(2)7(11)8(12)10-9(3,4)5/h6-7,11H,1-5H3,(H,10,12)/t7-/m0/s1. The van der Waals surface area contributed by atoms with Crippen molar-refractivity contribution in [2.75, 3.05) is 0 Å². The van der Waals surface area contributed by atoms with Gasteiger partial charge in [0.15, 0.2) is 0 Å². The van der Waals surface area contributed by atoms with Crippen molar-refractivity contribution in [1.82, 2.24) is 5.32 Å². The summed E-state index contributed by atoms with van der Waals surface area (Å²) in [5, 5.41) is 12.1.